The van der Waals surface area contributed by atoms with Gasteiger partial charge in [-0.25, -0.2) is 0 Å². The van der Waals surface area contributed by atoms with Crippen molar-refractivity contribution in [1.29, 1.82) is 0 Å². The van der Waals surface area contributed by atoms with Gasteiger partial charge in [0.25, 0.3) is 0 Å². The average molecular weight is 401 g/mol. The fourth-order valence-electron chi connectivity index (χ4n) is 3.81. The number of benzene rings is 2. The van der Waals surface area contributed by atoms with Crippen molar-refractivity contribution in [2.75, 3.05) is 37.7 Å². The van der Waals surface area contributed by atoms with Gasteiger partial charge in [0.1, 0.15) is 0 Å². The molecule has 0 bridgehead atoms. The highest BCUT2D eigenvalue weighted by molar-refractivity contribution is 6.30. The van der Waals surface area contributed by atoms with Crippen molar-refractivity contribution in [2.45, 2.75) is 39.3 Å². The summed E-state index contributed by atoms with van der Waals surface area (Å²) in [6.45, 7) is 10.2. The van der Waals surface area contributed by atoms with Gasteiger partial charge >= 0.3 is 0 Å². The van der Waals surface area contributed by atoms with E-state index in [-0.39, 0.29) is 0 Å². The SMILES string of the molecule is CC(C)COCC(CN(Cc1ccccc1)c1cccc(Cl)c1)N1CCCC1. The van der Waals surface area contributed by atoms with Gasteiger partial charge in [0.15, 0.2) is 0 Å². The van der Waals surface area contributed by atoms with Gasteiger partial charge in [-0.1, -0.05) is 61.8 Å². The van der Waals surface area contributed by atoms with Crippen LogP contribution in [0.25, 0.3) is 0 Å². The molecule has 0 N–H and O–H groups in total. The van der Waals surface area contributed by atoms with E-state index < -0.39 is 0 Å². The molecule has 28 heavy (non-hydrogen) atoms. The van der Waals surface area contributed by atoms with E-state index in [1.54, 1.807) is 0 Å². The molecule has 3 rings (SSSR count). The Morgan fingerprint density at radius 2 is 1.75 bits per heavy atom. The minimum atomic E-state index is 0.393. The van der Waals surface area contributed by atoms with Crippen molar-refractivity contribution < 1.29 is 4.74 Å². The maximum absolute atomic E-state index is 6.31. The molecule has 1 aliphatic heterocycles. The van der Waals surface area contributed by atoms with Crippen LogP contribution < -0.4 is 4.90 Å². The van der Waals surface area contributed by atoms with Crippen LogP contribution in [-0.2, 0) is 11.3 Å². The zero-order valence-corrected chi connectivity index (χ0v) is 17.9. The Balaban J connectivity index is 1.77. The Labute approximate surface area is 175 Å². The van der Waals surface area contributed by atoms with Crippen molar-refractivity contribution in [1.82, 2.24) is 4.90 Å². The summed E-state index contributed by atoms with van der Waals surface area (Å²) in [5.41, 5.74) is 2.48. The molecule has 1 atom stereocenters. The highest BCUT2D eigenvalue weighted by Crippen LogP contribution is 2.24. The topological polar surface area (TPSA) is 15.7 Å². The van der Waals surface area contributed by atoms with Crippen molar-refractivity contribution in [3.8, 4) is 0 Å². The number of likely N-dealkylation sites (tertiary alicyclic amines) is 1. The van der Waals surface area contributed by atoms with Crippen molar-refractivity contribution in [3.63, 3.8) is 0 Å². The van der Waals surface area contributed by atoms with Crippen LogP contribution in [-0.4, -0.2) is 43.8 Å². The molecule has 1 saturated heterocycles. The summed E-state index contributed by atoms with van der Waals surface area (Å²) in [5, 5.41) is 0.782. The number of halogens is 1. The van der Waals surface area contributed by atoms with E-state index in [1.807, 2.05) is 12.1 Å². The Bertz CT molecular complexity index is 701. The standard InChI is InChI=1S/C24H33ClN2O/c1-20(2)18-28-19-24(26-13-6-7-14-26)17-27(16-21-9-4-3-5-10-21)23-12-8-11-22(25)15-23/h3-5,8-12,15,20,24H,6-7,13-14,16-19H2,1-2H3. The van der Waals surface area contributed by atoms with Crippen LogP contribution >= 0.6 is 11.6 Å². The van der Waals surface area contributed by atoms with Gasteiger partial charge < -0.3 is 9.64 Å². The first-order chi connectivity index (χ1) is 13.6. The van der Waals surface area contributed by atoms with Crippen molar-refractivity contribution in [3.05, 3.63) is 65.2 Å². The fraction of sp³-hybridized carbons (Fsp3) is 0.500. The lowest BCUT2D eigenvalue weighted by Gasteiger charge is -2.34. The second kappa shape index (κ2) is 10.8. The van der Waals surface area contributed by atoms with E-state index >= 15 is 0 Å². The van der Waals surface area contributed by atoms with E-state index in [4.69, 9.17) is 16.3 Å². The van der Waals surface area contributed by atoms with Gasteiger partial charge in [-0.2, -0.15) is 0 Å². The monoisotopic (exact) mass is 400 g/mol. The maximum atomic E-state index is 6.31. The number of rotatable bonds is 10. The third-order valence-electron chi connectivity index (χ3n) is 5.24. The van der Waals surface area contributed by atoms with Crippen LogP contribution in [0.15, 0.2) is 54.6 Å². The third kappa shape index (κ3) is 6.51. The van der Waals surface area contributed by atoms with Gasteiger partial charge in [0, 0.05) is 30.4 Å². The molecular formula is C24H33ClN2O. The molecule has 1 heterocycles. The third-order valence-corrected chi connectivity index (χ3v) is 5.47. The molecule has 1 aliphatic rings. The molecule has 4 heteroatoms. The zero-order chi connectivity index (χ0) is 19.8. The molecular weight excluding hydrogens is 368 g/mol. The molecule has 0 spiro atoms. The molecule has 0 amide bonds. The Kier molecular flexibility index (Phi) is 8.20. The summed E-state index contributed by atoms with van der Waals surface area (Å²) in [4.78, 5) is 5.05. The van der Waals surface area contributed by atoms with Crippen LogP contribution in [0.1, 0.15) is 32.3 Å². The van der Waals surface area contributed by atoms with Gasteiger partial charge in [-0.15, -0.1) is 0 Å². The van der Waals surface area contributed by atoms with Gasteiger partial charge in [-0.05, 0) is 55.6 Å². The Hall–Kier alpha value is -1.55. The summed E-state index contributed by atoms with van der Waals surface area (Å²) >= 11 is 6.31. The summed E-state index contributed by atoms with van der Waals surface area (Å²) in [7, 11) is 0. The maximum Gasteiger partial charge on any atom is 0.0639 e. The smallest absolute Gasteiger partial charge is 0.0639 e. The molecule has 0 aliphatic carbocycles. The lowest BCUT2D eigenvalue weighted by molar-refractivity contribution is 0.0567. The lowest BCUT2D eigenvalue weighted by atomic mass is 10.1. The molecule has 0 aromatic heterocycles. The van der Waals surface area contributed by atoms with Crippen LogP contribution in [0.5, 0.6) is 0 Å². The van der Waals surface area contributed by atoms with E-state index in [9.17, 15) is 0 Å². The predicted molar refractivity (Wildman–Crippen MR) is 119 cm³/mol. The van der Waals surface area contributed by atoms with Gasteiger partial charge in [0.05, 0.1) is 12.6 Å². The molecule has 0 radical (unpaired) electrons. The second-order valence-electron chi connectivity index (χ2n) is 8.17. The van der Waals surface area contributed by atoms with Crippen LogP contribution in [0.2, 0.25) is 5.02 Å². The molecule has 2 aromatic carbocycles. The lowest BCUT2D eigenvalue weighted by Crippen LogP contribution is -2.45. The largest absolute Gasteiger partial charge is 0.379 e. The number of nitrogens with zero attached hydrogens (tertiary/aromatic N) is 2. The number of anilines is 1. The first kappa shape index (κ1) is 21.2. The number of hydrogen-bond acceptors (Lipinski definition) is 3. The first-order valence-electron chi connectivity index (χ1n) is 10.5. The number of hydrogen-bond donors (Lipinski definition) is 0. The summed E-state index contributed by atoms with van der Waals surface area (Å²) < 4.78 is 6.09. The van der Waals surface area contributed by atoms with E-state index in [2.05, 4.69) is 66.1 Å². The van der Waals surface area contributed by atoms with Crippen LogP contribution in [0.3, 0.4) is 0 Å². The molecule has 1 unspecified atom stereocenters. The molecule has 3 nitrogen and oxygen atoms in total. The van der Waals surface area contributed by atoms with E-state index in [0.29, 0.717) is 12.0 Å². The summed E-state index contributed by atoms with van der Waals surface area (Å²) in [5.74, 6) is 0.563. The van der Waals surface area contributed by atoms with Crippen molar-refractivity contribution in [2.24, 2.45) is 5.92 Å². The highest BCUT2D eigenvalue weighted by atomic mass is 35.5. The quantitative estimate of drug-likeness (QED) is 0.524. The molecule has 1 fully saturated rings. The predicted octanol–water partition coefficient (Wildman–Crippen LogP) is 5.48. The van der Waals surface area contributed by atoms with E-state index in [1.165, 1.54) is 37.2 Å². The zero-order valence-electron chi connectivity index (χ0n) is 17.2. The van der Waals surface area contributed by atoms with E-state index in [0.717, 1.165) is 31.3 Å². The fourth-order valence-corrected chi connectivity index (χ4v) is 4.00. The molecule has 152 valence electrons. The van der Waals surface area contributed by atoms with Crippen LogP contribution in [0.4, 0.5) is 5.69 Å². The van der Waals surface area contributed by atoms with Crippen molar-refractivity contribution >= 4 is 17.3 Å². The molecule has 0 saturated carbocycles. The summed E-state index contributed by atoms with van der Waals surface area (Å²) in [6.07, 6.45) is 2.58. The Morgan fingerprint density at radius 1 is 1.00 bits per heavy atom. The first-order valence-corrected chi connectivity index (χ1v) is 10.9. The van der Waals surface area contributed by atoms with Gasteiger partial charge in [0.2, 0.25) is 0 Å². The average Bonchev–Trinajstić information content (AvgIpc) is 3.22. The normalized spacial score (nSPS) is 15.9. The summed E-state index contributed by atoms with van der Waals surface area (Å²) in [6, 6.07) is 19.3. The second-order valence-corrected chi connectivity index (χ2v) is 8.61. The molecule has 2 aromatic rings. The van der Waals surface area contributed by atoms with Gasteiger partial charge in [-0.3, -0.25) is 4.90 Å². The number of ether oxygens (including phenoxy) is 1. The minimum Gasteiger partial charge on any atom is -0.379 e. The Morgan fingerprint density at radius 3 is 2.43 bits per heavy atom. The highest BCUT2D eigenvalue weighted by Gasteiger charge is 2.25. The van der Waals surface area contributed by atoms with Crippen LogP contribution in [0, 0.1) is 5.92 Å². The minimum absolute atomic E-state index is 0.393.